The van der Waals surface area contributed by atoms with Crippen molar-refractivity contribution in [3.63, 3.8) is 0 Å². The summed E-state index contributed by atoms with van der Waals surface area (Å²) in [5, 5.41) is 11.7. The maximum absolute atomic E-state index is 12.9. The summed E-state index contributed by atoms with van der Waals surface area (Å²) in [6, 6.07) is 4.93. The Kier molecular flexibility index (Phi) is 5.07. The number of carbonyl (C=O) groups is 2. The smallest absolute Gasteiger partial charge is 0.329 e. The highest BCUT2D eigenvalue weighted by molar-refractivity contribution is 5.95. The number of rotatable bonds is 5. The van der Waals surface area contributed by atoms with Crippen molar-refractivity contribution in [3.8, 4) is 0 Å². The Bertz CT molecular complexity index is 490. The minimum absolute atomic E-state index is 0.259. The first-order valence-corrected chi connectivity index (χ1v) is 6.42. The monoisotopic (exact) mass is 282 g/mol. The van der Waals surface area contributed by atoms with E-state index in [1.165, 1.54) is 36.1 Å². The number of nitrogens with one attached hydrogen (secondary N) is 1. The molecule has 1 aromatic carbocycles. The Hall–Kier alpha value is -2.11. The fraction of sp³-hybridized carbons (Fsp3) is 0.429. The predicted octanol–water partition coefficient (Wildman–Crippen LogP) is 2.61. The van der Waals surface area contributed by atoms with Crippen LogP contribution >= 0.6 is 0 Å². The van der Waals surface area contributed by atoms with E-state index in [1.807, 2.05) is 0 Å². The van der Waals surface area contributed by atoms with Crippen molar-refractivity contribution in [2.45, 2.75) is 32.7 Å². The van der Waals surface area contributed by atoms with Crippen LogP contribution in [0.4, 0.5) is 14.9 Å². The minimum Gasteiger partial charge on any atom is -0.480 e. The summed E-state index contributed by atoms with van der Waals surface area (Å²) in [5.74, 6) is -1.49. The third-order valence-corrected chi connectivity index (χ3v) is 3.26. The molecule has 0 aromatic heterocycles. The Labute approximate surface area is 117 Å². The van der Waals surface area contributed by atoms with E-state index in [4.69, 9.17) is 5.11 Å². The van der Waals surface area contributed by atoms with Gasteiger partial charge in [-0.05, 0) is 44.5 Å². The van der Waals surface area contributed by atoms with Crippen LogP contribution in [-0.2, 0) is 4.79 Å². The lowest BCUT2D eigenvalue weighted by molar-refractivity contribution is -0.143. The van der Waals surface area contributed by atoms with Crippen molar-refractivity contribution in [1.29, 1.82) is 0 Å². The van der Waals surface area contributed by atoms with Crippen LogP contribution in [0.3, 0.4) is 0 Å². The largest absolute Gasteiger partial charge is 0.480 e. The lowest BCUT2D eigenvalue weighted by atomic mass is 10.00. The molecule has 0 aliphatic heterocycles. The van der Waals surface area contributed by atoms with Crippen LogP contribution in [0.1, 0.15) is 27.2 Å². The van der Waals surface area contributed by atoms with Gasteiger partial charge in [0.2, 0.25) is 0 Å². The topological polar surface area (TPSA) is 69.6 Å². The van der Waals surface area contributed by atoms with Crippen molar-refractivity contribution in [2.24, 2.45) is 0 Å². The molecule has 2 amide bonds. The summed E-state index contributed by atoms with van der Waals surface area (Å²) in [6.07, 6.45) is 0.259. The van der Waals surface area contributed by atoms with E-state index in [1.54, 1.807) is 13.8 Å². The number of amides is 2. The van der Waals surface area contributed by atoms with Crippen molar-refractivity contribution in [3.05, 3.63) is 30.1 Å². The Morgan fingerprint density at radius 2 is 1.85 bits per heavy atom. The average molecular weight is 282 g/mol. The molecule has 5 nitrogen and oxygen atoms in total. The highest BCUT2D eigenvalue weighted by atomic mass is 19.1. The predicted molar refractivity (Wildman–Crippen MR) is 74.3 cm³/mol. The molecule has 0 aliphatic rings. The first-order chi connectivity index (χ1) is 9.34. The van der Waals surface area contributed by atoms with Crippen LogP contribution in [0.5, 0.6) is 0 Å². The number of anilines is 1. The van der Waals surface area contributed by atoms with Gasteiger partial charge < -0.3 is 10.4 Å². The van der Waals surface area contributed by atoms with E-state index >= 15 is 0 Å². The number of hydrogen-bond donors (Lipinski definition) is 2. The number of carbonyl (C=O) groups excluding carboxylic acids is 1. The first kappa shape index (κ1) is 15.9. The zero-order valence-electron chi connectivity index (χ0n) is 11.8. The van der Waals surface area contributed by atoms with Gasteiger partial charge in [0, 0.05) is 12.2 Å². The summed E-state index contributed by atoms with van der Waals surface area (Å²) in [4.78, 5) is 24.8. The van der Waals surface area contributed by atoms with Crippen LogP contribution in [-0.4, -0.2) is 29.2 Å². The van der Waals surface area contributed by atoms with Gasteiger partial charge in [-0.15, -0.1) is 0 Å². The molecular weight excluding hydrogens is 263 g/mol. The normalized spacial score (nSPS) is 13.4. The number of hydrogen-bond acceptors (Lipinski definition) is 2. The molecule has 0 bridgehead atoms. The molecule has 1 unspecified atom stereocenters. The Balaban J connectivity index is 2.93. The second-order valence-corrected chi connectivity index (χ2v) is 4.64. The van der Waals surface area contributed by atoms with Crippen molar-refractivity contribution in [2.75, 3.05) is 11.4 Å². The molecule has 1 atom stereocenters. The summed E-state index contributed by atoms with van der Waals surface area (Å²) in [6.45, 7) is 5.23. The molecule has 2 N–H and O–H groups in total. The standard InChI is InChI=1S/C14H19FN2O3/c1-4-14(3,12(18)19)16-13(20)17(5-2)11-8-6-10(15)7-9-11/h6-9H,4-5H2,1-3H3,(H,16,20)(H,18,19). The number of urea groups is 1. The molecule has 0 saturated heterocycles. The zero-order valence-corrected chi connectivity index (χ0v) is 11.8. The van der Waals surface area contributed by atoms with Crippen molar-refractivity contribution < 1.29 is 19.1 Å². The highest BCUT2D eigenvalue weighted by Crippen LogP contribution is 2.17. The van der Waals surface area contributed by atoms with Gasteiger partial charge in [-0.3, -0.25) is 4.90 Å². The van der Waals surface area contributed by atoms with E-state index < -0.39 is 23.4 Å². The number of aliphatic carboxylic acids is 1. The van der Waals surface area contributed by atoms with Gasteiger partial charge in [0.05, 0.1) is 0 Å². The van der Waals surface area contributed by atoms with Gasteiger partial charge in [-0.25, -0.2) is 14.0 Å². The molecule has 20 heavy (non-hydrogen) atoms. The molecule has 0 heterocycles. The van der Waals surface area contributed by atoms with Crippen LogP contribution in [0.25, 0.3) is 0 Å². The number of benzene rings is 1. The molecule has 1 aromatic rings. The summed E-state index contributed by atoms with van der Waals surface area (Å²) in [5.41, 5.74) is -0.819. The molecule has 0 radical (unpaired) electrons. The number of halogens is 1. The maximum Gasteiger partial charge on any atom is 0.329 e. The number of carboxylic acid groups (broad SMARTS) is 1. The van der Waals surface area contributed by atoms with Crippen LogP contribution in [0.2, 0.25) is 0 Å². The first-order valence-electron chi connectivity index (χ1n) is 6.42. The fourth-order valence-electron chi connectivity index (χ4n) is 1.66. The van der Waals surface area contributed by atoms with Gasteiger partial charge in [0.1, 0.15) is 11.4 Å². The number of carboxylic acids is 1. The van der Waals surface area contributed by atoms with Crippen LogP contribution in [0, 0.1) is 5.82 Å². The summed E-state index contributed by atoms with van der Waals surface area (Å²) >= 11 is 0. The van der Waals surface area contributed by atoms with Gasteiger partial charge >= 0.3 is 12.0 Å². The minimum atomic E-state index is -1.33. The molecule has 0 fully saturated rings. The molecular formula is C14H19FN2O3. The summed E-state index contributed by atoms with van der Waals surface area (Å²) in [7, 11) is 0. The van der Waals surface area contributed by atoms with Gasteiger partial charge in [0.15, 0.2) is 0 Å². The van der Waals surface area contributed by atoms with Crippen molar-refractivity contribution >= 4 is 17.7 Å². The van der Waals surface area contributed by atoms with Gasteiger partial charge in [-0.2, -0.15) is 0 Å². The fourth-order valence-corrected chi connectivity index (χ4v) is 1.66. The maximum atomic E-state index is 12.9. The third-order valence-electron chi connectivity index (χ3n) is 3.26. The highest BCUT2D eigenvalue weighted by Gasteiger charge is 2.34. The quantitative estimate of drug-likeness (QED) is 0.872. The Morgan fingerprint density at radius 1 is 1.30 bits per heavy atom. The lowest BCUT2D eigenvalue weighted by Crippen LogP contribution is -2.56. The zero-order chi connectivity index (χ0) is 15.3. The molecule has 0 aliphatic carbocycles. The van der Waals surface area contributed by atoms with Gasteiger partial charge in [0.25, 0.3) is 0 Å². The second-order valence-electron chi connectivity index (χ2n) is 4.64. The van der Waals surface area contributed by atoms with E-state index in [9.17, 15) is 14.0 Å². The van der Waals surface area contributed by atoms with E-state index in [2.05, 4.69) is 5.32 Å². The molecule has 110 valence electrons. The van der Waals surface area contributed by atoms with Gasteiger partial charge in [-0.1, -0.05) is 6.92 Å². The van der Waals surface area contributed by atoms with E-state index in [-0.39, 0.29) is 6.42 Å². The molecule has 0 spiro atoms. The molecule has 1 rings (SSSR count). The van der Waals surface area contributed by atoms with E-state index in [0.29, 0.717) is 12.2 Å². The SMILES string of the molecule is CCN(C(=O)NC(C)(CC)C(=O)O)c1ccc(F)cc1. The Morgan fingerprint density at radius 3 is 2.25 bits per heavy atom. The molecule has 6 heteroatoms. The molecule has 0 saturated carbocycles. The second kappa shape index (κ2) is 6.36. The average Bonchev–Trinajstić information content (AvgIpc) is 2.41. The lowest BCUT2D eigenvalue weighted by Gasteiger charge is -2.29. The third kappa shape index (κ3) is 3.46. The van der Waals surface area contributed by atoms with Crippen LogP contribution < -0.4 is 10.2 Å². The summed E-state index contributed by atoms with van der Waals surface area (Å²) < 4.78 is 12.9. The van der Waals surface area contributed by atoms with Crippen molar-refractivity contribution in [1.82, 2.24) is 5.32 Å². The van der Waals surface area contributed by atoms with Crippen LogP contribution in [0.15, 0.2) is 24.3 Å². The van der Waals surface area contributed by atoms with E-state index in [0.717, 1.165) is 0 Å². The number of nitrogens with zero attached hydrogens (tertiary/aromatic N) is 1.